The molecule has 0 saturated carbocycles. The number of nitrogens with zero attached hydrogens (tertiary/aromatic N) is 4. The molecule has 0 aliphatic carbocycles. The van der Waals surface area contributed by atoms with Gasteiger partial charge in [0.1, 0.15) is 20.3 Å². The van der Waals surface area contributed by atoms with Crippen molar-refractivity contribution in [1.29, 1.82) is 0 Å². The fraction of sp³-hybridized carbons (Fsp3) is 0.667. The van der Waals surface area contributed by atoms with E-state index in [4.69, 9.17) is 14.5 Å². The smallest absolute Gasteiger partial charge is 0.332 e. The van der Waals surface area contributed by atoms with Crippen LogP contribution in [0.5, 0.6) is 0 Å². The molecule has 0 bridgehead atoms. The van der Waals surface area contributed by atoms with Gasteiger partial charge in [0.15, 0.2) is 5.65 Å². The number of imidazole rings is 1. The predicted molar refractivity (Wildman–Crippen MR) is 125 cm³/mol. The van der Waals surface area contributed by atoms with Crippen LogP contribution in [0, 0.1) is 11.5 Å². The molecule has 30 heavy (non-hydrogen) atoms. The molecular formula is C21H34N4O3Si2. The average molecular weight is 447 g/mol. The van der Waals surface area contributed by atoms with Gasteiger partial charge in [-0.2, -0.15) is 0 Å². The van der Waals surface area contributed by atoms with E-state index < -0.39 is 16.1 Å². The van der Waals surface area contributed by atoms with Crippen molar-refractivity contribution >= 4 is 27.3 Å². The standard InChI is InChI=1S/C21H34N4O3Si2/c1-29(2,3)13-9-19-22-15-18-20(23-19)25(17-7-10-27-11-8-17)21(26)24(18)16-28-12-14-30(4,5)6/h15,17H,7-8,10-12,14,16H2,1-6H3. The Kier molecular flexibility index (Phi) is 7.02. The molecule has 0 spiro atoms. The lowest BCUT2D eigenvalue weighted by Gasteiger charge is -2.22. The Morgan fingerprint density at radius 3 is 2.53 bits per heavy atom. The van der Waals surface area contributed by atoms with Crippen LogP contribution in [-0.4, -0.2) is 55.1 Å². The van der Waals surface area contributed by atoms with Crippen molar-refractivity contribution in [2.45, 2.75) is 70.9 Å². The van der Waals surface area contributed by atoms with Gasteiger partial charge >= 0.3 is 5.69 Å². The third-order valence-corrected chi connectivity index (χ3v) is 7.61. The summed E-state index contributed by atoms with van der Waals surface area (Å²) in [6.07, 6.45) is 3.32. The molecule has 2 aromatic rings. The summed E-state index contributed by atoms with van der Waals surface area (Å²) in [6, 6.07) is 1.14. The topological polar surface area (TPSA) is 71.2 Å². The van der Waals surface area contributed by atoms with Crippen LogP contribution in [-0.2, 0) is 16.2 Å². The molecule has 7 nitrogen and oxygen atoms in total. The summed E-state index contributed by atoms with van der Waals surface area (Å²) in [7, 11) is -2.73. The van der Waals surface area contributed by atoms with Crippen LogP contribution in [0.1, 0.15) is 24.7 Å². The van der Waals surface area contributed by atoms with E-state index in [-0.39, 0.29) is 18.5 Å². The number of ether oxygens (including phenoxy) is 2. The summed E-state index contributed by atoms with van der Waals surface area (Å²) in [4.78, 5) is 22.4. The molecule has 3 heterocycles. The minimum absolute atomic E-state index is 0.0738. The van der Waals surface area contributed by atoms with Crippen molar-refractivity contribution in [2.75, 3.05) is 19.8 Å². The zero-order valence-corrected chi connectivity index (χ0v) is 21.1. The van der Waals surface area contributed by atoms with Gasteiger partial charge in [-0.15, -0.1) is 5.54 Å². The van der Waals surface area contributed by atoms with E-state index in [0.29, 0.717) is 36.8 Å². The molecule has 0 atom stereocenters. The molecule has 3 rings (SSSR count). The lowest BCUT2D eigenvalue weighted by Crippen LogP contribution is -2.31. The largest absolute Gasteiger partial charge is 0.381 e. The molecule has 0 amide bonds. The van der Waals surface area contributed by atoms with Gasteiger partial charge in [-0.1, -0.05) is 39.3 Å². The number of hydrogen-bond acceptors (Lipinski definition) is 5. The molecule has 1 aliphatic heterocycles. The van der Waals surface area contributed by atoms with Crippen molar-refractivity contribution < 1.29 is 9.47 Å². The molecule has 0 unspecified atom stereocenters. The van der Waals surface area contributed by atoms with Crippen molar-refractivity contribution in [3.63, 3.8) is 0 Å². The van der Waals surface area contributed by atoms with Crippen molar-refractivity contribution in [3.8, 4) is 11.5 Å². The lowest BCUT2D eigenvalue weighted by molar-refractivity contribution is 0.0669. The fourth-order valence-electron chi connectivity index (χ4n) is 3.29. The summed E-state index contributed by atoms with van der Waals surface area (Å²) in [5.74, 6) is 3.59. The highest BCUT2D eigenvalue weighted by molar-refractivity contribution is 6.83. The number of fused-ring (bicyclic) bond motifs is 1. The first-order valence-corrected chi connectivity index (χ1v) is 17.9. The minimum atomic E-state index is -1.54. The van der Waals surface area contributed by atoms with Gasteiger partial charge in [-0.3, -0.25) is 9.13 Å². The molecule has 0 radical (unpaired) electrons. The maximum atomic E-state index is 13.3. The van der Waals surface area contributed by atoms with Gasteiger partial charge in [0.25, 0.3) is 0 Å². The van der Waals surface area contributed by atoms with Crippen LogP contribution in [0.15, 0.2) is 11.0 Å². The second kappa shape index (κ2) is 9.18. The van der Waals surface area contributed by atoms with Crippen LogP contribution in [0.25, 0.3) is 11.2 Å². The number of rotatable bonds is 6. The molecule has 9 heteroatoms. The Morgan fingerprint density at radius 2 is 1.90 bits per heavy atom. The quantitative estimate of drug-likeness (QED) is 0.386. The van der Waals surface area contributed by atoms with Gasteiger partial charge in [0.05, 0.1) is 6.20 Å². The summed E-state index contributed by atoms with van der Waals surface area (Å²) in [5, 5.41) is 0. The van der Waals surface area contributed by atoms with Crippen molar-refractivity contribution in [2.24, 2.45) is 0 Å². The maximum absolute atomic E-state index is 13.3. The van der Waals surface area contributed by atoms with Crippen LogP contribution < -0.4 is 5.69 Å². The zero-order valence-electron chi connectivity index (χ0n) is 19.1. The van der Waals surface area contributed by atoms with Crippen LogP contribution >= 0.6 is 0 Å². The summed E-state index contributed by atoms with van der Waals surface area (Å²) in [5.41, 5.74) is 4.57. The highest BCUT2D eigenvalue weighted by Crippen LogP contribution is 2.23. The van der Waals surface area contributed by atoms with E-state index in [2.05, 4.69) is 55.7 Å². The highest BCUT2D eigenvalue weighted by Gasteiger charge is 2.24. The molecule has 0 aromatic carbocycles. The van der Waals surface area contributed by atoms with Gasteiger partial charge < -0.3 is 9.47 Å². The number of aromatic nitrogens is 4. The molecule has 1 aliphatic rings. The second-order valence-corrected chi connectivity index (χ2v) is 20.5. The third-order valence-electron chi connectivity index (χ3n) is 5.03. The molecule has 164 valence electrons. The van der Waals surface area contributed by atoms with Crippen LogP contribution in [0.3, 0.4) is 0 Å². The molecule has 1 saturated heterocycles. The first-order chi connectivity index (χ1) is 14.1. The highest BCUT2D eigenvalue weighted by atomic mass is 28.3. The van der Waals surface area contributed by atoms with Crippen molar-refractivity contribution in [1.82, 2.24) is 19.1 Å². The molecule has 0 N–H and O–H groups in total. The molecule has 1 fully saturated rings. The predicted octanol–water partition coefficient (Wildman–Crippen LogP) is 3.49. The third kappa shape index (κ3) is 5.91. The van der Waals surface area contributed by atoms with E-state index in [1.807, 2.05) is 0 Å². The van der Waals surface area contributed by atoms with Gasteiger partial charge in [-0.05, 0) is 24.8 Å². The Morgan fingerprint density at radius 1 is 1.20 bits per heavy atom. The maximum Gasteiger partial charge on any atom is 0.332 e. The summed E-state index contributed by atoms with van der Waals surface area (Å²) < 4.78 is 14.9. The first-order valence-electron chi connectivity index (χ1n) is 10.7. The second-order valence-electron chi connectivity index (χ2n) is 10.2. The molecular weight excluding hydrogens is 412 g/mol. The van der Waals surface area contributed by atoms with Gasteiger partial charge in [-0.25, -0.2) is 14.8 Å². The Hall–Kier alpha value is -1.74. The van der Waals surface area contributed by atoms with E-state index >= 15 is 0 Å². The molecule has 2 aromatic heterocycles. The van der Waals surface area contributed by atoms with E-state index in [1.54, 1.807) is 15.3 Å². The van der Waals surface area contributed by atoms with Gasteiger partial charge in [0, 0.05) is 33.9 Å². The zero-order chi connectivity index (χ0) is 21.9. The van der Waals surface area contributed by atoms with E-state index in [9.17, 15) is 4.79 Å². The average Bonchev–Trinajstić information content (AvgIpc) is 2.94. The SMILES string of the molecule is C[Si](C)(C)C#Cc1ncc2c(n1)n(C1CCOCC1)c(=O)n2COCC[Si](C)(C)C. The summed E-state index contributed by atoms with van der Waals surface area (Å²) >= 11 is 0. The fourth-order valence-corrected chi connectivity index (χ4v) is 4.54. The first kappa shape index (κ1) is 22.9. The monoisotopic (exact) mass is 446 g/mol. The van der Waals surface area contributed by atoms with Crippen molar-refractivity contribution in [3.05, 3.63) is 22.5 Å². The summed E-state index contributed by atoms with van der Waals surface area (Å²) in [6.45, 7) is 15.7. The lowest BCUT2D eigenvalue weighted by atomic mass is 10.1. The normalized spacial score (nSPS) is 15.9. The minimum Gasteiger partial charge on any atom is -0.381 e. The Bertz CT molecular complexity index is 1000. The van der Waals surface area contributed by atoms with Gasteiger partial charge in [0.2, 0.25) is 5.82 Å². The van der Waals surface area contributed by atoms with Crippen LogP contribution in [0.2, 0.25) is 45.3 Å². The Balaban J connectivity index is 1.98. The van der Waals surface area contributed by atoms with Crippen LogP contribution in [0.4, 0.5) is 0 Å². The Labute approximate surface area is 180 Å². The number of hydrogen-bond donors (Lipinski definition) is 0. The van der Waals surface area contributed by atoms with E-state index in [0.717, 1.165) is 18.9 Å². The van der Waals surface area contributed by atoms with E-state index in [1.165, 1.54) is 0 Å².